The topological polar surface area (TPSA) is 81.5 Å². The van der Waals surface area contributed by atoms with E-state index < -0.39 is 34.1 Å². The van der Waals surface area contributed by atoms with Gasteiger partial charge < -0.3 is 10.1 Å². The van der Waals surface area contributed by atoms with Crippen LogP contribution in [0.15, 0.2) is 84.4 Å². The van der Waals surface area contributed by atoms with Crippen molar-refractivity contribution in [3.05, 3.63) is 111 Å². The maximum absolute atomic E-state index is 13.6. The minimum absolute atomic E-state index is 0.0633. The number of fused-ring (bicyclic) bond motifs is 4. The van der Waals surface area contributed by atoms with Gasteiger partial charge in [-0.05, 0) is 58.0 Å². The van der Waals surface area contributed by atoms with Gasteiger partial charge in [-0.1, -0.05) is 56.3 Å². The summed E-state index contributed by atoms with van der Waals surface area (Å²) in [6, 6.07) is 20.6. The summed E-state index contributed by atoms with van der Waals surface area (Å²) in [5, 5.41) is 16.7. The molecular weight excluding hydrogens is 533 g/mol. The van der Waals surface area contributed by atoms with E-state index in [1.165, 1.54) is 12.1 Å². The van der Waals surface area contributed by atoms with E-state index in [0.717, 1.165) is 51.7 Å². The summed E-state index contributed by atoms with van der Waals surface area (Å²) in [6.07, 6.45) is -3.70. The Bertz CT molecular complexity index is 1760. The SMILES string of the molecule is CC1(C)CC(=O)C2=C(C1)c1c(ccc3ccccc13)N[C@H]2c1ccc(Oc2ccc([N+](=O)[O-])cc2C(F)(F)F)cc1. The maximum Gasteiger partial charge on any atom is 0.420 e. The Labute approximate surface area is 233 Å². The third kappa shape index (κ3) is 4.81. The number of ether oxygens (including phenoxy) is 1. The van der Waals surface area contributed by atoms with E-state index in [1.807, 2.05) is 30.3 Å². The number of carbonyl (C=O) groups is 1. The number of rotatable bonds is 4. The molecular formula is C32H25F3N2O4. The Kier molecular flexibility index (Phi) is 6.13. The van der Waals surface area contributed by atoms with Gasteiger partial charge in [0.1, 0.15) is 17.1 Å². The van der Waals surface area contributed by atoms with Crippen molar-refractivity contribution in [2.45, 2.75) is 38.9 Å². The summed E-state index contributed by atoms with van der Waals surface area (Å²) in [5.74, 6) is -0.351. The lowest BCUT2D eigenvalue weighted by Gasteiger charge is -2.40. The van der Waals surface area contributed by atoms with Crippen LogP contribution in [0.2, 0.25) is 0 Å². The number of hydrogen-bond acceptors (Lipinski definition) is 5. The van der Waals surface area contributed by atoms with Gasteiger partial charge in [0.05, 0.1) is 11.0 Å². The van der Waals surface area contributed by atoms with Crippen molar-refractivity contribution in [1.82, 2.24) is 0 Å². The Morgan fingerprint density at radius 1 is 0.976 bits per heavy atom. The van der Waals surface area contributed by atoms with Crippen molar-refractivity contribution in [3.63, 3.8) is 0 Å². The van der Waals surface area contributed by atoms with Crippen molar-refractivity contribution < 1.29 is 27.6 Å². The third-order valence-corrected chi connectivity index (χ3v) is 7.66. The molecule has 4 aromatic rings. The number of ketones is 1. The number of halogens is 3. The number of nitro benzene ring substituents is 1. The van der Waals surface area contributed by atoms with Gasteiger partial charge in [-0.25, -0.2) is 0 Å². The molecule has 0 radical (unpaired) electrons. The number of non-ortho nitro benzene ring substituents is 1. The zero-order valence-corrected chi connectivity index (χ0v) is 22.2. The van der Waals surface area contributed by atoms with Crippen molar-refractivity contribution in [3.8, 4) is 11.5 Å². The fraction of sp³-hybridized carbons (Fsp3) is 0.219. The molecule has 0 spiro atoms. The van der Waals surface area contributed by atoms with Crippen LogP contribution >= 0.6 is 0 Å². The van der Waals surface area contributed by atoms with E-state index in [1.54, 1.807) is 12.1 Å². The summed E-state index contributed by atoms with van der Waals surface area (Å²) in [5.41, 5.74) is 2.31. The molecule has 9 heteroatoms. The van der Waals surface area contributed by atoms with Gasteiger partial charge in [0.2, 0.25) is 0 Å². The number of hydrogen-bond donors (Lipinski definition) is 1. The van der Waals surface area contributed by atoms with Gasteiger partial charge >= 0.3 is 6.18 Å². The first-order valence-corrected chi connectivity index (χ1v) is 13.1. The van der Waals surface area contributed by atoms with Gasteiger partial charge in [-0.3, -0.25) is 14.9 Å². The molecule has 0 saturated heterocycles. The van der Waals surface area contributed by atoms with Gasteiger partial charge in [0.15, 0.2) is 5.78 Å². The van der Waals surface area contributed by atoms with E-state index in [-0.39, 0.29) is 16.9 Å². The molecule has 6 rings (SSSR count). The van der Waals surface area contributed by atoms with Crippen LogP contribution in [-0.4, -0.2) is 10.7 Å². The molecule has 0 unspecified atom stereocenters. The Hall–Kier alpha value is -4.66. The summed E-state index contributed by atoms with van der Waals surface area (Å²) in [7, 11) is 0. The van der Waals surface area contributed by atoms with Crippen molar-refractivity contribution in [2.24, 2.45) is 5.41 Å². The molecule has 1 aliphatic heterocycles. The highest BCUT2D eigenvalue weighted by atomic mass is 19.4. The molecule has 1 N–H and O–H groups in total. The first-order chi connectivity index (χ1) is 19.4. The van der Waals surface area contributed by atoms with E-state index >= 15 is 0 Å². The molecule has 208 valence electrons. The molecule has 0 saturated carbocycles. The Morgan fingerprint density at radius 2 is 1.71 bits per heavy atom. The molecule has 1 aliphatic carbocycles. The Morgan fingerprint density at radius 3 is 2.41 bits per heavy atom. The largest absolute Gasteiger partial charge is 0.457 e. The second-order valence-corrected chi connectivity index (χ2v) is 11.2. The van der Waals surface area contributed by atoms with Crippen LogP contribution in [0.25, 0.3) is 16.3 Å². The predicted octanol–water partition coefficient (Wildman–Crippen LogP) is 8.87. The minimum atomic E-state index is -4.84. The number of carbonyl (C=O) groups excluding carboxylic acids is 1. The molecule has 41 heavy (non-hydrogen) atoms. The summed E-state index contributed by atoms with van der Waals surface area (Å²) < 4.78 is 46.4. The smallest absolute Gasteiger partial charge is 0.420 e. The number of benzene rings is 4. The maximum atomic E-state index is 13.6. The highest BCUT2D eigenvalue weighted by Gasteiger charge is 2.41. The van der Waals surface area contributed by atoms with Crippen LogP contribution in [0.4, 0.5) is 24.5 Å². The van der Waals surface area contributed by atoms with Crippen molar-refractivity contribution in [1.29, 1.82) is 0 Å². The number of nitro groups is 1. The number of alkyl halides is 3. The molecule has 0 fully saturated rings. The first kappa shape index (κ1) is 26.6. The molecule has 0 aromatic heterocycles. The lowest BCUT2D eigenvalue weighted by atomic mass is 9.68. The zero-order valence-electron chi connectivity index (χ0n) is 22.2. The summed E-state index contributed by atoms with van der Waals surface area (Å²) >= 11 is 0. The van der Waals surface area contributed by atoms with Crippen LogP contribution in [0, 0.1) is 15.5 Å². The van der Waals surface area contributed by atoms with E-state index in [0.29, 0.717) is 18.1 Å². The van der Waals surface area contributed by atoms with Crippen LogP contribution in [0.5, 0.6) is 11.5 Å². The standard InChI is InChI=1S/C32H25F3N2O4/c1-31(2)16-23-28-22-6-4-3-5-18(22)9-13-25(28)36-30(29(23)26(38)17-31)19-7-11-21(12-8-19)41-27-14-10-20(37(39)40)15-24(27)32(33,34)35/h3-15,30,36H,16-17H2,1-2H3/t30-/m0/s1. The molecule has 0 amide bonds. The van der Waals surface area contributed by atoms with Crippen LogP contribution < -0.4 is 10.1 Å². The molecule has 1 atom stereocenters. The lowest BCUT2D eigenvalue weighted by Crippen LogP contribution is -2.33. The van der Waals surface area contributed by atoms with E-state index in [4.69, 9.17) is 4.74 Å². The number of allylic oxidation sites excluding steroid dienone is 1. The van der Waals surface area contributed by atoms with Crippen molar-refractivity contribution >= 4 is 33.5 Å². The predicted molar refractivity (Wildman–Crippen MR) is 150 cm³/mol. The highest BCUT2D eigenvalue weighted by molar-refractivity contribution is 6.12. The third-order valence-electron chi connectivity index (χ3n) is 7.66. The average molecular weight is 559 g/mol. The van der Waals surface area contributed by atoms with Gasteiger partial charge in [0, 0.05) is 35.4 Å². The average Bonchev–Trinajstić information content (AvgIpc) is 2.91. The molecule has 0 bridgehead atoms. The van der Waals surface area contributed by atoms with Crippen LogP contribution in [0.1, 0.15) is 49.4 Å². The van der Waals surface area contributed by atoms with Crippen LogP contribution in [0.3, 0.4) is 0 Å². The number of Topliss-reactive ketones (excluding diaryl/α,β-unsaturated/α-hetero) is 1. The molecule has 2 aliphatic rings. The zero-order chi connectivity index (χ0) is 29.1. The normalized spacial score (nSPS) is 18.0. The molecule has 6 nitrogen and oxygen atoms in total. The fourth-order valence-corrected chi connectivity index (χ4v) is 5.88. The summed E-state index contributed by atoms with van der Waals surface area (Å²) in [6.45, 7) is 4.19. The molecule has 4 aromatic carbocycles. The fourth-order valence-electron chi connectivity index (χ4n) is 5.88. The Balaban J connectivity index is 1.39. The van der Waals surface area contributed by atoms with Gasteiger partial charge in [-0.15, -0.1) is 0 Å². The van der Waals surface area contributed by atoms with Gasteiger partial charge in [-0.2, -0.15) is 13.2 Å². The second-order valence-electron chi connectivity index (χ2n) is 11.2. The lowest BCUT2D eigenvalue weighted by molar-refractivity contribution is -0.385. The number of nitrogens with zero attached hydrogens (tertiary/aromatic N) is 1. The number of nitrogens with one attached hydrogen (secondary N) is 1. The quantitative estimate of drug-likeness (QED) is 0.200. The monoisotopic (exact) mass is 558 g/mol. The molecule has 1 heterocycles. The van der Waals surface area contributed by atoms with Crippen molar-refractivity contribution in [2.75, 3.05) is 5.32 Å². The summed E-state index contributed by atoms with van der Waals surface area (Å²) in [4.78, 5) is 23.7. The number of anilines is 1. The highest BCUT2D eigenvalue weighted by Crippen LogP contribution is 2.52. The van der Waals surface area contributed by atoms with E-state index in [2.05, 4.69) is 25.2 Å². The first-order valence-electron chi connectivity index (χ1n) is 13.1. The van der Waals surface area contributed by atoms with E-state index in [9.17, 15) is 28.1 Å². The van der Waals surface area contributed by atoms with Gasteiger partial charge in [0.25, 0.3) is 5.69 Å². The van der Waals surface area contributed by atoms with Crippen LogP contribution in [-0.2, 0) is 11.0 Å². The second kappa shape index (κ2) is 9.47. The minimum Gasteiger partial charge on any atom is -0.457 e.